The van der Waals surface area contributed by atoms with Gasteiger partial charge in [-0.1, -0.05) is 12.0 Å². The summed E-state index contributed by atoms with van der Waals surface area (Å²) in [5, 5.41) is 1.02. The Balaban J connectivity index is 1.58. The van der Waals surface area contributed by atoms with Crippen LogP contribution in [0.1, 0.15) is 6.42 Å². The molecule has 4 heterocycles. The number of aromatic nitrogens is 4. The van der Waals surface area contributed by atoms with Gasteiger partial charge in [0.2, 0.25) is 5.69 Å². The molecule has 0 bridgehead atoms. The first kappa shape index (κ1) is 15.9. The van der Waals surface area contributed by atoms with E-state index in [1.807, 2.05) is 18.3 Å². The molecule has 1 atom stereocenters. The first-order valence-electron chi connectivity index (χ1n) is 8.37. The topological polar surface area (TPSA) is 65.3 Å². The van der Waals surface area contributed by atoms with Crippen molar-refractivity contribution in [2.75, 3.05) is 29.4 Å². The van der Waals surface area contributed by atoms with Gasteiger partial charge >= 0.3 is 0 Å². The second-order valence-corrected chi connectivity index (χ2v) is 6.14. The van der Waals surface area contributed by atoms with Gasteiger partial charge in [0, 0.05) is 25.5 Å². The number of pyridine rings is 1. The molecule has 1 fully saturated rings. The highest BCUT2D eigenvalue weighted by Gasteiger charge is 2.30. The van der Waals surface area contributed by atoms with E-state index < -0.39 is 0 Å². The molecule has 4 rings (SSSR count). The highest BCUT2D eigenvalue weighted by atomic mass is 15.3. The maximum atomic E-state index is 7.06. The molecule has 0 saturated carbocycles. The third-order valence-corrected chi connectivity index (χ3v) is 4.65. The lowest BCUT2D eigenvalue weighted by molar-refractivity contribution is 0.664. The Bertz CT molecular complexity index is 993. The van der Waals surface area contributed by atoms with Crippen molar-refractivity contribution in [1.82, 2.24) is 19.9 Å². The van der Waals surface area contributed by atoms with E-state index in [0.29, 0.717) is 12.2 Å². The summed E-state index contributed by atoms with van der Waals surface area (Å²) in [5.74, 6) is 4.47. The van der Waals surface area contributed by atoms with Gasteiger partial charge in [-0.15, -0.1) is 6.42 Å². The zero-order valence-corrected chi connectivity index (χ0v) is 14.1. The van der Waals surface area contributed by atoms with E-state index in [1.54, 1.807) is 18.6 Å². The summed E-state index contributed by atoms with van der Waals surface area (Å²) >= 11 is 0. The molecule has 1 N–H and O–H groups in total. The van der Waals surface area contributed by atoms with Gasteiger partial charge in [-0.25, -0.2) is 14.8 Å². The van der Waals surface area contributed by atoms with Crippen LogP contribution in [0.3, 0.4) is 0 Å². The molecule has 3 aromatic heterocycles. The van der Waals surface area contributed by atoms with Crippen molar-refractivity contribution >= 4 is 28.4 Å². The third-order valence-electron chi connectivity index (χ3n) is 4.65. The summed E-state index contributed by atoms with van der Waals surface area (Å²) in [5.41, 5.74) is 1.37. The van der Waals surface area contributed by atoms with Crippen molar-refractivity contribution in [3.63, 3.8) is 0 Å². The lowest BCUT2D eigenvalue weighted by Crippen LogP contribution is -2.38. The van der Waals surface area contributed by atoms with Gasteiger partial charge < -0.3 is 14.8 Å². The first-order valence-corrected chi connectivity index (χ1v) is 8.37. The van der Waals surface area contributed by atoms with Crippen molar-refractivity contribution in [2.45, 2.75) is 12.5 Å². The fraction of sp³-hybridized carbons (Fsp3) is 0.263. The summed E-state index contributed by atoms with van der Waals surface area (Å²) < 4.78 is 0. The molecule has 1 aliphatic rings. The zero-order chi connectivity index (χ0) is 17.9. The lowest BCUT2D eigenvalue weighted by atomic mass is 10.2. The summed E-state index contributed by atoms with van der Waals surface area (Å²) in [6.45, 7) is 9.24. The molecule has 26 heavy (non-hydrogen) atoms. The Morgan fingerprint density at radius 2 is 2.27 bits per heavy atom. The number of nitrogens with one attached hydrogen (secondary N) is 1. The average Bonchev–Trinajstić information content (AvgIpc) is 3.35. The molecule has 7 heteroatoms. The first-order chi connectivity index (χ1) is 12.8. The quantitative estimate of drug-likeness (QED) is 0.583. The SMILES string of the molecule is [C-]#[N+]c1ccc(N(CC#C)[C@@H]2CCN(c3ncnc4[nH]ccc34)C2)nc1. The summed E-state index contributed by atoms with van der Waals surface area (Å²) in [6, 6.07) is 5.88. The van der Waals surface area contributed by atoms with Gasteiger partial charge in [0.05, 0.1) is 24.5 Å². The maximum Gasteiger partial charge on any atom is 0.205 e. The summed E-state index contributed by atoms with van der Waals surface area (Å²) in [7, 11) is 0. The smallest absolute Gasteiger partial charge is 0.205 e. The second kappa shape index (κ2) is 6.73. The second-order valence-electron chi connectivity index (χ2n) is 6.14. The number of fused-ring (bicyclic) bond motifs is 1. The molecule has 3 aromatic rings. The predicted octanol–water partition coefficient (Wildman–Crippen LogP) is 2.62. The van der Waals surface area contributed by atoms with Gasteiger partial charge in [0.25, 0.3) is 0 Å². The minimum absolute atomic E-state index is 0.237. The Kier molecular flexibility index (Phi) is 4.12. The zero-order valence-electron chi connectivity index (χ0n) is 14.1. The predicted molar refractivity (Wildman–Crippen MR) is 101 cm³/mol. The number of aromatic amines is 1. The largest absolute Gasteiger partial charge is 0.354 e. The van der Waals surface area contributed by atoms with Crippen molar-refractivity contribution in [2.24, 2.45) is 0 Å². The van der Waals surface area contributed by atoms with E-state index in [9.17, 15) is 0 Å². The van der Waals surface area contributed by atoms with Gasteiger partial charge in [-0.05, 0) is 18.6 Å². The number of hydrogen-bond donors (Lipinski definition) is 1. The van der Waals surface area contributed by atoms with Gasteiger partial charge in [0.15, 0.2) is 0 Å². The third kappa shape index (κ3) is 2.80. The van der Waals surface area contributed by atoms with Crippen LogP contribution in [-0.4, -0.2) is 45.6 Å². The molecule has 0 unspecified atom stereocenters. The molecule has 0 aromatic carbocycles. The van der Waals surface area contributed by atoms with Crippen LogP contribution in [0, 0.1) is 18.9 Å². The molecular weight excluding hydrogens is 326 g/mol. The number of nitrogens with zero attached hydrogens (tertiary/aromatic N) is 6. The van der Waals surface area contributed by atoms with Crippen molar-refractivity contribution in [3.8, 4) is 12.3 Å². The molecular formula is C19H17N7. The van der Waals surface area contributed by atoms with E-state index in [2.05, 4.69) is 40.5 Å². The van der Waals surface area contributed by atoms with Gasteiger partial charge in [-0.2, -0.15) is 0 Å². The maximum absolute atomic E-state index is 7.06. The minimum atomic E-state index is 0.237. The van der Waals surface area contributed by atoms with Crippen LogP contribution >= 0.6 is 0 Å². The van der Waals surface area contributed by atoms with Crippen molar-refractivity contribution in [3.05, 3.63) is 48.3 Å². The molecule has 0 aliphatic carbocycles. The molecule has 0 amide bonds. The normalized spacial score (nSPS) is 16.4. The molecule has 1 saturated heterocycles. The fourth-order valence-corrected chi connectivity index (χ4v) is 3.41. The van der Waals surface area contributed by atoms with E-state index in [4.69, 9.17) is 13.0 Å². The number of hydrogen-bond acceptors (Lipinski definition) is 5. The molecule has 0 radical (unpaired) electrons. The van der Waals surface area contributed by atoms with Crippen LogP contribution in [-0.2, 0) is 0 Å². The van der Waals surface area contributed by atoms with E-state index in [1.165, 1.54) is 0 Å². The van der Waals surface area contributed by atoms with Gasteiger partial charge in [-0.3, -0.25) is 4.98 Å². The average molecular weight is 343 g/mol. The monoisotopic (exact) mass is 343 g/mol. The summed E-state index contributed by atoms with van der Waals surface area (Å²) in [4.78, 5) is 24.1. The van der Waals surface area contributed by atoms with E-state index in [0.717, 1.165) is 42.2 Å². The Morgan fingerprint density at radius 1 is 1.35 bits per heavy atom. The van der Waals surface area contributed by atoms with Crippen LogP contribution in [0.5, 0.6) is 0 Å². The number of rotatable bonds is 4. The van der Waals surface area contributed by atoms with Gasteiger partial charge in [0.1, 0.15) is 23.6 Å². The van der Waals surface area contributed by atoms with Crippen LogP contribution in [0.25, 0.3) is 15.9 Å². The minimum Gasteiger partial charge on any atom is -0.354 e. The van der Waals surface area contributed by atoms with Crippen molar-refractivity contribution in [1.29, 1.82) is 0 Å². The van der Waals surface area contributed by atoms with Crippen molar-refractivity contribution < 1.29 is 0 Å². The number of terminal acetylenes is 1. The van der Waals surface area contributed by atoms with Crippen LogP contribution in [0.2, 0.25) is 0 Å². The molecule has 128 valence electrons. The number of H-pyrrole nitrogens is 1. The van der Waals surface area contributed by atoms with E-state index >= 15 is 0 Å². The highest BCUT2D eigenvalue weighted by Crippen LogP contribution is 2.29. The lowest BCUT2D eigenvalue weighted by Gasteiger charge is -2.28. The van der Waals surface area contributed by atoms with E-state index in [-0.39, 0.29) is 6.04 Å². The highest BCUT2D eigenvalue weighted by molar-refractivity contribution is 5.87. The van der Waals surface area contributed by atoms with Crippen LogP contribution in [0.4, 0.5) is 17.3 Å². The Morgan fingerprint density at radius 3 is 3.04 bits per heavy atom. The molecule has 1 aliphatic heterocycles. The summed E-state index contributed by atoms with van der Waals surface area (Å²) in [6.07, 6.45) is 11.6. The molecule has 7 nitrogen and oxygen atoms in total. The fourth-order valence-electron chi connectivity index (χ4n) is 3.41. The number of anilines is 2. The standard InChI is InChI=1S/C19H17N7/c1-3-9-26(17-5-4-14(20-2)11-22-17)15-7-10-25(12-15)19-16-6-8-21-18(16)23-13-24-19/h1,4-6,8,11,13,15H,7,9-10,12H2,(H,21,23,24)/t15-/m1/s1. The molecule has 0 spiro atoms. The Labute approximate surface area is 151 Å². The van der Waals surface area contributed by atoms with Crippen LogP contribution in [0.15, 0.2) is 36.9 Å². The Hall–Kier alpha value is -3.58. The van der Waals surface area contributed by atoms with Crippen LogP contribution < -0.4 is 9.80 Å².